The number of amides is 2. The standard InChI is InChI=1S/C23H27N3O/c1-15-7-6-8-21(12-15)26-18(4)13-20(19(26)5)14-24-23(27)25-22-10-9-16(2)11-17(22)3/h6-13H,14H2,1-5H3,(H2,24,25,27). The molecule has 0 aliphatic heterocycles. The number of nitrogens with one attached hydrogen (secondary N) is 2. The summed E-state index contributed by atoms with van der Waals surface area (Å²) in [6.45, 7) is 10.8. The molecule has 0 unspecified atom stereocenters. The molecule has 1 heterocycles. The molecule has 2 amide bonds. The van der Waals surface area contributed by atoms with E-state index in [2.05, 4.69) is 72.4 Å². The van der Waals surface area contributed by atoms with Crippen molar-refractivity contribution in [3.8, 4) is 5.69 Å². The average molecular weight is 361 g/mol. The van der Waals surface area contributed by atoms with Crippen molar-refractivity contribution in [3.05, 3.63) is 82.2 Å². The number of aryl methyl sites for hydroxylation is 4. The SMILES string of the molecule is Cc1cccc(-n2c(C)cc(CNC(=O)Nc3ccc(C)cc3C)c2C)c1. The summed E-state index contributed by atoms with van der Waals surface area (Å²) in [5.74, 6) is 0. The van der Waals surface area contributed by atoms with Crippen LogP contribution >= 0.6 is 0 Å². The number of urea groups is 1. The first-order chi connectivity index (χ1) is 12.8. The summed E-state index contributed by atoms with van der Waals surface area (Å²) in [6, 6.07) is 16.4. The van der Waals surface area contributed by atoms with E-state index in [0.29, 0.717) is 6.54 Å². The van der Waals surface area contributed by atoms with Gasteiger partial charge in [0.05, 0.1) is 0 Å². The number of benzene rings is 2. The second-order valence-corrected chi connectivity index (χ2v) is 7.20. The molecule has 0 saturated heterocycles. The number of anilines is 1. The molecule has 140 valence electrons. The third-order valence-corrected chi connectivity index (χ3v) is 4.87. The number of carbonyl (C=O) groups is 1. The quantitative estimate of drug-likeness (QED) is 0.647. The molecule has 0 aliphatic rings. The summed E-state index contributed by atoms with van der Waals surface area (Å²) in [4.78, 5) is 12.3. The molecule has 0 aliphatic carbocycles. The summed E-state index contributed by atoms with van der Waals surface area (Å²) in [7, 11) is 0. The zero-order valence-corrected chi connectivity index (χ0v) is 16.7. The first-order valence-electron chi connectivity index (χ1n) is 9.22. The third-order valence-electron chi connectivity index (χ3n) is 4.87. The number of hydrogen-bond donors (Lipinski definition) is 2. The highest BCUT2D eigenvalue weighted by Gasteiger charge is 2.12. The molecule has 3 rings (SSSR count). The fourth-order valence-electron chi connectivity index (χ4n) is 3.47. The van der Waals surface area contributed by atoms with Gasteiger partial charge in [0.2, 0.25) is 0 Å². The predicted octanol–water partition coefficient (Wildman–Crippen LogP) is 5.34. The molecule has 0 bridgehead atoms. The van der Waals surface area contributed by atoms with Crippen LogP contribution < -0.4 is 10.6 Å². The Morgan fingerprint density at radius 3 is 2.37 bits per heavy atom. The second kappa shape index (κ2) is 7.70. The Morgan fingerprint density at radius 1 is 0.926 bits per heavy atom. The number of aromatic nitrogens is 1. The van der Waals surface area contributed by atoms with Gasteiger partial charge in [-0.05, 0) is 75.6 Å². The van der Waals surface area contributed by atoms with E-state index in [1.165, 1.54) is 11.1 Å². The lowest BCUT2D eigenvalue weighted by molar-refractivity contribution is 0.251. The first kappa shape index (κ1) is 18.8. The minimum atomic E-state index is -0.192. The van der Waals surface area contributed by atoms with Crippen molar-refractivity contribution in [3.63, 3.8) is 0 Å². The molecule has 27 heavy (non-hydrogen) atoms. The van der Waals surface area contributed by atoms with E-state index in [0.717, 1.165) is 33.9 Å². The van der Waals surface area contributed by atoms with E-state index in [9.17, 15) is 4.79 Å². The molecule has 0 fully saturated rings. The van der Waals surface area contributed by atoms with Crippen LogP contribution in [0.15, 0.2) is 48.5 Å². The van der Waals surface area contributed by atoms with E-state index in [1.807, 2.05) is 26.0 Å². The maximum absolute atomic E-state index is 12.3. The van der Waals surface area contributed by atoms with Gasteiger partial charge in [-0.15, -0.1) is 0 Å². The molecule has 1 aromatic heterocycles. The smallest absolute Gasteiger partial charge is 0.319 e. The van der Waals surface area contributed by atoms with Crippen molar-refractivity contribution >= 4 is 11.7 Å². The van der Waals surface area contributed by atoms with Gasteiger partial charge in [-0.2, -0.15) is 0 Å². The van der Waals surface area contributed by atoms with Gasteiger partial charge in [-0.1, -0.05) is 29.8 Å². The van der Waals surface area contributed by atoms with Gasteiger partial charge in [0.25, 0.3) is 0 Å². The largest absolute Gasteiger partial charge is 0.334 e. The van der Waals surface area contributed by atoms with E-state index in [4.69, 9.17) is 0 Å². The molecular weight excluding hydrogens is 334 g/mol. The van der Waals surface area contributed by atoms with Crippen LogP contribution in [0, 0.1) is 34.6 Å². The Balaban J connectivity index is 1.71. The topological polar surface area (TPSA) is 46.1 Å². The van der Waals surface area contributed by atoms with Gasteiger partial charge in [0.15, 0.2) is 0 Å². The summed E-state index contributed by atoms with van der Waals surface area (Å²) in [5.41, 5.74) is 8.87. The molecule has 0 atom stereocenters. The zero-order chi connectivity index (χ0) is 19.6. The minimum Gasteiger partial charge on any atom is -0.334 e. The van der Waals surface area contributed by atoms with E-state index >= 15 is 0 Å². The summed E-state index contributed by atoms with van der Waals surface area (Å²) < 4.78 is 2.23. The molecule has 0 saturated carbocycles. The normalized spacial score (nSPS) is 10.7. The van der Waals surface area contributed by atoms with Crippen molar-refractivity contribution in [2.45, 2.75) is 41.2 Å². The van der Waals surface area contributed by atoms with Gasteiger partial charge >= 0.3 is 6.03 Å². The monoisotopic (exact) mass is 361 g/mol. The fourth-order valence-corrected chi connectivity index (χ4v) is 3.47. The molecule has 0 radical (unpaired) electrons. The molecule has 0 spiro atoms. The van der Waals surface area contributed by atoms with Crippen molar-refractivity contribution in [1.82, 2.24) is 9.88 Å². The van der Waals surface area contributed by atoms with Crippen molar-refractivity contribution in [2.75, 3.05) is 5.32 Å². The van der Waals surface area contributed by atoms with Crippen molar-refractivity contribution in [1.29, 1.82) is 0 Å². The summed E-state index contributed by atoms with van der Waals surface area (Å²) in [5, 5.41) is 5.90. The molecular formula is C23H27N3O. The Morgan fingerprint density at radius 2 is 1.67 bits per heavy atom. The maximum Gasteiger partial charge on any atom is 0.319 e. The number of nitrogens with zero attached hydrogens (tertiary/aromatic N) is 1. The molecule has 2 N–H and O–H groups in total. The third kappa shape index (κ3) is 4.22. The van der Waals surface area contributed by atoms with Crippen LogP contribution in [-0.2, 0) is 6.54 Å². The van der Waals surface area contributed by atoms with Gasteiger partial charge in [-0.3, -0.25) is 0 Å². The van der Waals surface area contributed by atoms with Crippen LogP contribution in [0.1, 0.15) is 33.6 Å². The van der Waals surface area contributed by atoms with Gasteiger partial charge in [0.1, 0.15) is 0 Å². The zero-order valence-electron chi connectivity index (χ0n) is 16.7. The highest BCUT2D eigenvalue weighted by atomic mass is 16.2. The predicted molar refractivity (Wildman–Crippen MR) is 112 cm³/mol. The average Bonchev–Trinajstić information content (AvgIpc) is 2.89. The molecule has 3 aromatic rings. The van der Waals surface area contributed by atoms with Crippen LogP contribution in [0.3, 0.4) is 0 Å². The van der Waals surface area contributed by atoms with Gasteiger partial charge in [0, 0.05) is 29.3 Å². The fraction of sp³-hybridized carbons (Fsp3) is 0.261. The number of hydrogen-bond acceptors (Lipinski definition) is 1. The van der Waals surface area contributed by atoms with Crippen molar-refractivity contribution < 1.29 is 4.79 Å². The Kier molecular flexibility index (Phi) is 5.36. The van der Waals surface area contributed by atoms with Crippen LogP contribution in [-0.4, -0.2) is 10.6 Å². The number of carbonyl (C=O) groups excluding carboxylic acids is 1. The summed E-state index contributed by atoms with van der Waals surface area (Å²) in [6.07, 6.45) is 0. The Labute approximate surface area is 161 Å². The molecule has 2 aromatic carbocycles. The van der Waals surface area contributed by atoms with Crippen LogP contribution in [0.2, 0.25) is 0 Å². The molecule has 4 nitrogen and oxygen atoms in total. The lowest BCUT2D eigenvalue weighted by Crippen LogP contribution is -2.28. The van der Waals surface area contributed by atoms with Gasteiger partial charge < -0.3 is 15.2 Å². The van der Waals surface area contributed by atoms with Crippen LogP contribution in [0.25, 0.3) is 5.69 Å². The molecule has 4 heteroatoms. The van der Waals surface area contributed by atoms with Crippen LogP contribution in [0.4, 0.5) is 10.5 Å². The lowest BCUT2D eigenvalue weighted by Gasteiger charge is -2.12. The van der Waals surface area contributed by atoms with Crippen LogP contribution in [0.5, 0.6) is 0 Å². The maximum atomic E-state index is 12.3. The lowest BCUT2D eigenvalue weighted by atomic mass is 10.1. The highest BCUT2D eigenvalue weighted by molar-refractivity contribution is 5.90. The highest BCUT2D eigenvalue weighted by Crippen LogP contribution is 2.21. The summed E-state index contributed by atoms with van der Waals surface area (Å²) >= 11 is 0. The number of rotatable bonds is 4. The minimum absolute atomic E-state index is 0.192. The van der Waals surface area contributed by atoms with E-state index in [-0.39, 0.29) is 6.03 Å². The van der Waals surface area contributed by atoms with E-state index < -0.39 is 0 Å². The first-order valence-corrected chi connectivity index (χ1v) is 9.22. The Hall–Kier alpha value is -3.01. The van der Waals surface area contributed by atoms with Crippen molar-refractivity contribution in [2.24, 2.45) is 0 Å². The van der Waals surface area contributed by atoms with Gasteiger partial charge in [-0.25, -0.2) is 4.79 Å². The van der Waals surface area contributed by atoms with E-state index in [1.54, 1.807) is 0 Å². The Bertz CT molecular complexity index is 985. The second-order valence-electron chi connectivity index (χ2n) is 7.20.